The average Bonchev–Trinajstić information content (AvgIpc) is 2.52. The lowest BCUT2D eigenvalue weighted by atomic mass is 10.2. The van der Waals surface area contributed by atoms with E-state index in [1.165, 1.54) is 0 Å². The molecule has 1 heterocycles. The van der Waals surface area contributed by atoms with Gasteiger partial charge in [-0.25, -0.2) is 4.98 Å². The standard InChI is InChI=1S/C16H16N2O2/c1-19-16-14(8-5-11-18-16)12-20-15-9-3-2-6-13(15)7-4-10-17/h2-3,5-6,8-9,11H,10,12,17H2,1H3. The Hall–Kier alpha value is -2.51. The summed E-state index contributed by atoms with van der Waals surface area (Å²) in [4.78, 5) is 4.13. The normalized spacial score (nSPS) is 9.50. The molecular formula is C16H16N2O2. The molecule has 102 valence electrons. The topological polar surface area (TPSA) is 57.4 Å². The van der Waals surface area contributed by atoms with Crippen molar-refractivity contribution in [3.63, 3.8) is 0 Å². The van der Waals surface area contributed by atoms with Gasteiger partial charge in [0.15, 0.2) is 0 Å². The monoisotopic (exact) mass is 268 g/mol. The zero-order chi connectivity index (χ0) is 14.2. The summed E-state index contributed by atoms with van der Waals surface area (Å²) < 4.78 is 11.0. The Bertz CT molecular complexity index is 630. The van der Waals surface area contributed by atoms with Gasteiger partial charge >= 0.3 is 0 Å². The molecule has 0 aliphatic carbocycles. The molecule has 0 bridgehead atoms. The predicted octanol–water partition coefficient (Wildman–Crippen LogP) is 1.98. The molecule has 0 unspecified atom stereocenters. The van der Waals surface area contributed by atoms with Gasteiger partial charge in [-0.15, -0.1) is 0 Å². The van der Waals surface area contributed by atoms with E-state index in [4.69, 9.17) is 15.2 Å². The number of benzene rings is 1. The van der Waals surface area contributed by atoms with E-state index >= 15 is 0 Å². The molecule has 2 N–H and O–H groups in total. The molecule has 0 fully saturated rings. The Morgan fingerprint density at radius 2 is 2.05 bits per heavy atom. The number of hydrogen-bond donors (Lipinski definition) is 1. The van der Waals surface area contributed by atoms with Crippen LogP contribution in [0.4, 0.5) is 0 Å². The number of pyridine rings is 1. The van der Waals surface area contributed by atoms with E-state index in [9.17, 15) is 0 Å². The van der Waals surface area contributed by atoms with Crippen molar-refractivity contribution in [2.45, 2.75) is 6.61 Å². The second-order valence-corrected chi connectivity index (χ2v) is 3.96. The van der Waals surface area contributed by atoms with Crippen LogP contribution in [0.1, 0.15) is 11.1 Å². The fourth-order valence-corrected chi connectivity index (χ4v) is 1.72. The first-order valence-corrected chi connectivity index (χ1v) is 6.24. The van der Waals surface area contributed by atoms with Crippen molar-refractivity contribution >= 4 is 0 Å². The summed E-state index contributed by atoms with van der Waals surface area (Å²) in [7, 11) is 1.59. The first-order chi connectivity index (χ1) is 9.85. The maximum absolute atomic E-state index is 5.80. The summed E-state index contributed by atoms with van der Waals surface area (Å²) in [5.41, 5.74) is 7.10. The maximum atomic E-state index is 5.80. The van der Waals surface area contributed by atoms with Gasteiger partial charge in [0, 0.05) is 6.20 Å². The summed E-state index contributed by atoms with van der Waals surface area (Å²) in [5, 5.41) is 0. The predicted molar refractivity (Wildman–Crippen MR) is 77.5 cm³/mol. The van der Waals surface area contributed by atoms with Crippen LogP contribution in [0.5, 0.6) is 11.6 Å². The van der Waals surface area contributed by atoms with Crippen LogP contribution in [0, 0.1) is 11.8 Å². The largest absolute Gasteiger partial charge is 0.487 e. The third kappa shape index (κ3) is 3.50. The number of methoxy groups -OCH3 is 1. The van der Waals surface area contributed by atoms with Crippen molar-refractivity contribution < 1.29 is 9.47 Å². The molecule has 4 nitrogen and oxygen atoms in total. The van der Waals surface area contributed by atoms with E-state index in [1.807, 2.05) is 36.4 Å². The fourth-order valence-electron chi connectivity index (χ4n) is 1.72. The fraction of sp³-hybridized carbons (Fsp3) is 0.188. The molecule has 0 atom stereocenters. The first-order valence-electron chi connectivity index (χ1n) is 6.24. The quantitative estimate of drug-likeness (QED) is 0.861. The van der Waals surface area contributed by atoms with Gasteiger partial charge in [0.05, 0.1) is 24.8 Å². The van der Waals surface area contributed by atoms with E-state index in [1.54, 1.807) is 13.3 Å². The number of hydrogen-bond acceptors (Lipinski definition) is 4. The van der Waals surface area contributed by atoms with Crippen molar-refractivity contribution in [1.82, 2.24) is 4.98 Å². The zero-order valence-electron chi connectivity index (χ0n) is 11.3. The van der Waals surface area contributed by atoms with Gasteiger partial charge in [0.25, 0.3) is 0 Å². The molecular weight excluding hydrogens is 252 g/mol. The molecule has 1 aromatic carbocycles. The number of para-hydroxylation sites is 1. The summed E-state index contributed by atoms with van der Waals surface area (Å²) in [6, 6.07) is 11.4. The highest BCUT2D eigenvalue weighted by Gasteiger charge is 2.06. The Morgan fingerprint density at radius 1 is 1.20 bits per heavy atom. The van der Waals surface area contributed by atoms with E-state index in [0.29, 0.717) is 19.0 Å². The van der Waals surface area contributed by atoms with E-state index in [0.717, 1.165) is 16.9 Å². The SMILES string of the molecule is COc1ncccc1COc1ccccc1C#CCN. The van der Waals surface area contributed by atoms with Crippen LogP contribution in [-0.4, -0.2) is 18.6 Å². The Labute approximate surface area is 118 Å². The highest BCUT2D eigenvalue weighted by molar-refractivity contribution is 5.46. The molecule has 2 aromatic rings. The van der Waals surface area contributed by atoms with Crippen LogP contribution in [0.25, 0.3) is 0 Å². The van der Waals surface area contributed by atoms with Crippen LogP contribution in [0.2, 0.25) is 0 Å². The molecule has 0 aliphatic rings. The van der Waals surface area contributed by atoms with Crippen molar-refractivity contribution in [3.8, 4) is 23.5 Å². The highest BCUT2D eigenvalue weighted by Crippen LogP contribution is 2.20. The summed E-state index contributed by atoms with van der Waals surface area (Å²) in [5.74, 6) is 7.11. The summed E-state index contributed by atoms with van der Waals surface area (Å²) in [6.45, 7) is 0.698. The smallest absolute Gasteiger partial charge is 0.219 e. The summed E-state index contributed by atoms with van der Waals surface area (Å²) >= 11 is 0. The number of rotatable bonds is 4. The minimum Gasteiger partial charge on any atom is -0.487 e. The van der Waals surface area contributed by atoms with Gasteiger partial charge in [-0.1, -0.05) is 24.0 Å². The van der Waals surface area contributed by atoms with Crippen LogP contribution in [-0.2, 0) is 6.61 Å². The minimum absolute atomic E-state index is 0.324. The molecule has 0 aliphatic heterocycles. The Kier molecular flexibility index (Phi) is 4.99. The second kappa shape index (κ2) is 7.17. The van der Waals surface area contributed by atoms with E-state index < -0.39 is 0 Å². The lowest BCUT2D eigenvalue weighted by Gasteiger charge is -2.10. The second-order valence-electron chi connectivity index (χ2n) is 3.96. The minimum atomic E-state index is 0.324. The number of aromatic nitrogens is 1. The first kappa shape index (κ1) is 13.9. The number of nitrogens with zero attached hydrogens (tertiary/aromatic N) is 1. The van der Waals surface area contributed by atoms with Crippen molar-refractivity contribution in [2.75, 3.05) is 13.7 Å². The Balaban J connectivity index is 2.15. The Morgan fingerprint density at radius 3 is 2.85 bits per heavy atom. The lowest BCUT2D eigenvalue weighted by molar-refractivity contribution is 0.293. The van der Waals surface area contributed by atoms with Gasteiger partial charge in [-0.2, -0.15) is 0 Å². The third-order valence-corrected chi connectivity index (χ3v) is 2.64. The van der Waals surface area contributed by atoms with E-state index in [-0.39, 0.29) is 0 Å². The molecule has 1 aromatic heterocycles. The lowest BCUT2D eigenvalue weighted by Crippen LogP contribution is -2.01. The zero-order valence-corrected chi connectivity index (χ0v) is 11.3. The average molecular weight is 268 g/mol. The molecule has 0 radical (unpaired) electrons. The molecule has 0 amide bonds. The third-order valence-electron chi connectivity index (χ3n) is 2.64. The molecule has 0 saturated carbocycles. The number of nitrogens with two attached hydrogens (primary N) is 1. The maximum Gasteiger partial charge on any atom is 0.219 e. The van der Waals surface area contributed by atoms with E-state index in [2.05, 4.69) is 16.8 Å². The van der Waals surface area contributed by atoms with Crippen molar-refractivity contribution in [1.29, 1.82) is 0 Å². The molecule has 4 heteroatoms. The van der Waals surface area contributed by atoms with Gasteiger partial charge in [0.1, 0.15) is 12.4 Å². The van der Waals surface area contributed by atoms with Crippen LogP contribution in [0.3, 0.4) is 0 Å². The molecule has 0 saturated heterocycles. The molecule has 2 rings (SSSR count). The van der Waals surface area contributed by atoms with Crippen molar-refractivity contribution in [3.05, 3.63) is 53.7 Å². The van der Waals surface area contributed by atoms with Crippen LogP contribution in [0.15, 0.2) is 42.6 Å². The van der Waals surface area contributed by atoms with Crippen molar-refractivity contribution in [2.24, 2.45) is 5.73 Å². The van der Waals surface area contributed by atoms with Gasteiger partial charge in [0.2, 0.25) is 5.88 Å². The highest BCUT2D eigenvalue weighted by atomic mass is 16.5. The van der Waals surface area contributed by atoms with Crippen LogP contribution < -0.4 is 15.2 Å². The van der Waals surface area contributed by atoms with Gasteiger partial charge in [-0.3, -0.25) is 0 Å². The van der Waals surface area contributed by atoms with Gasteiger partial charge < -0.3 is 15.2 Å². The summed E-state index contributed by atoms with van der Waals surface area (Å²) in [6.07, 6.45) is 1.68. The molecule has 20 heavy (non-hydrogen) atoms. The molecule has 0 spiro atoms. The van der Waals surface area contributed by atoms with Gasteiger partial charge in [-0.05, 0) is 24.3 Å². The number of ether oxygens (including phenoxy) is 2. The van der Waals surface area contributed by atoms with Crippen LogP contribution >= 0.6 is 0 Å².